The van der Waals surface area contributed by atoms with Crippen LogP contribution in [0.5, 0.6) is 5.75 Å². The van der Waals surface area contributed by atoms with Crippen LogP contribution in [0.15, 0.2) is 18.2 Å². The van der Waals surface area contributed by atoms with E-state index in [0.717, 1.165) is 12.3 Å². The van der Waals surface area contributed by atoms with E-state index in [1.54, 1.807) is 0 Å². The van der Waals surface area contributed by atoms with Gasteiger partial charge >= 0.3 is 0 Å². The van der Waals surface area contributed by atoms with Crippen LogP contribution >= 0.6 is 0 Å². The van der Waals surface area contributed by atoms with Crippen molar-refractivity contribution in [2.24, 2.45) is 5.92 Å². The Kier molecular flexibility index (Phi) is 4.09. The topological polar surface area (TPSA) is 20.2 Å². The van der Waals surface area contributed by atoms with Gasteiger partial charge < -0.3 is 5.11 Å². The van der Waals surface area contributed by atoms with E-state index >= 15 is 0 Å². The molecule has 2 rings (SSSR count). The molecule has 1 nitrogen and oxygen atoms in total. The first-order valence-electron chi connectivity index (χ1n) is 6.98. The lowest BCUT2D eigenvalue weighted by Gasteiger charge is -2.23. The van der Waals surface area contributed by atoms with Crippen LogP contribution in [0, 0.1) is 5.92 Å². The van der Waals surface area contributed by atoms with Crippen LogP contribution in [0.2, 0.25) is 0 Å². The summed E-state index contributed by atoms with van der Waals surface area (Å²) in [7, 11) is 0. The van der Waals surface area contributed by atoms with Crippen molar-refractivity contribution in [3.8, 4) is 5.75 Å². The van der Waals surface area contributed by atoms with Crippen LogP contribution in [0.25, 0.3) is 0 Å². The highest BCUT2D eigenvalue weighted by atomic mass is 16.3. The van der Waals surface area contributed by atoms with Gasteiger partial charge in [0.05, 0.1) is 0 Å². The van der Waals surface area contributed by atoms with E-state index in [2.05, 4.69) is 19.9 Å². The zero-order valence-corrected chi connectivity index (χ0v) is 11.1. The highest BCUT2D eigenvalue weighted by Gasteiger charge is 2.16. The summed E-state index contributed by atoms with van der Waals surface area (Å²) >= 11 is 0. The summed E-state index contributed by atoms with van der Waals surface area (Å²) in [6.07, 6.45) is 8.08. The molecule has 0 aromatic heterocycles. The average molecular weight is 232 g/mol. The van der Waals surface area contributed by atoms with Gasteiger partial charge in [-0.25, -0.2) is 0 Å². The monoisotopic (exact) mass is 232 g/mol. The third-order valence-electron chi connectivity index (χ3n) is 3.98. The standard InChI is InChI=1S/C16H24O/c1-12(2)16-9-8-15(17)11-14(16)10-13-6-4-3-5-7-13/h8-9,11-13,17H,3-7,10H2,1-2H3. The van der Waals surface area contributed by atoms with Gasteiger partial charge in [-0.05, 0) is 41.5 Å². The number of phenols is 1. The van der Waals surface area contributed by atoms with Crippen LogP contribution < -0.4 is 0 Å². The Balaban J connectivity index is 2.14. The summed E-state index contributed by atoms with van der Waals surface area (Å²) in [4.78, 5) is 0. The summed E-state index contributed by atoms with van der Waals surface area (Å²) in [5.74, 6) is 1.80. The average Bonchev–Trinajstić information content (AvgIpc) is 2.30. The normalized spacial score (nSPS) is 17.6. The molecule has 0 heterocycles. The third kappa shape index (κ3) is 3.24. The van der Waals surface area contributed by atoms with E-state index in [4.69, 9.17) is 0 Å². The fourth-order valence-corrected chi connectivity index (χ4v) is 3.03. The first-order valence-corrected chi connectivity index (χ1v) is 6.98. The van der Waals surface area contributed by atoms with Crippen LogP contribution in [-0.2, 0) is 6.42 Å². The zero-order chi connectivity index (χ0) is 12.3. The minimum absolute atomic E-state index is 0.417. The van der Waals surface area contributed by atoms with E-state index in [9.17, 15) is 5.11 Å². The van der Waals surface area contributed by atoms with Gasteiger partial charge in [-0.15, -0.1) is 0 Å². The molecule has 0 spiro atoms. The Morgan fingerprint density at radius 3 is 2.53 bits per heavy atom. The quantitative estimate of drug-likeness (QED) is 0.805. The number of aromatic hydroxyl groups is 1. The van der Waals surface area contributed by atoms with Gasteiger partial charge in [-0.2, -0.15) is 0 Å². The fraction of sp³-hybridized carbons (Fsp3) is 0.625. The Labute approximate surface area is 105 Å². The van der Waals surface area contributed by atoms with Gasteiger partial charge in [-0.1, -0.05) is 52.0 Å². The molecule has 0 amide bonds. The van der Waals surface area contributed by atoms with E-state index in [0.29, 0.717) is 11.7 Å². The molecule has 0 bridgehead atoms. The SMILES string of the molecule is CC(C)c1ccc(O)cc1CC1CCCCC1. The highest BCUT2D eigenvalue weighted by Crippen LogP contribution is 2.31. The maximum absolute atomic E-state index is 9.65. The molecule has 94 valence electrons. The lowest BCUT2D eigenvalue weighted by atomic mass is 9.82. The lowest BCUT2D eigenvalue weighted by molar-refractivity contribution is 0.355. The predicted molar refractivity (Wildman–Crippen MR) is 72.5 cm³/mol. The molecule has 0 saturated heterocycles. The van der Waals surface area contributed by atoms with E-state index in [1.807, 2.05) is 12.1 Å². The second-order valence-corrected chi connectivity index (χ2v) is 5.75. The summed E-state index contributed by atoms with van der Waals surface area (Å²) in [5.41, 5.74) is 2.78. The summed E-state index contributed by atoms with van der Waals surface area (Å²) in [5, 5.41) is 9.65. The Bertz CT molecular complexity index is 362. The summed E-state index contributed by atoms with van der Waals surface area (Å²) in [6.45, 7) is 4.47. The fourth-order valence-electron chi connectivity index (χ4n) is 3.03. The molecule has 1 aromatic rings. The number of hydrogen-bond acceptors (Lipinski definition) is 1. The Morgan fingerprint density at radius 2 is 1.88 bits per heavy atom. The second-order valence-electron chi connectivity index (χ2n) is 5.75. The van der Waals surface area contributed by atoms with Gasteiger partial charge in [-0.3, -0.25) is 0 Å². The van der Waals surface area contributed by atoms with Gasteiger partial charge in [0.1, 0.15) is 5.75 Å². The molecule has 0 unspecified atom stereocenters. The van der Waals surface area contributed by atoms with Gasteiger partial charge in [0.2, 0.25) is 0 Å². The van der Waals surface area contributed by atoms with E-state index in [1.165, 1.54) is 43.2 Å². The van der Waals surface area contributed by atoms with Gasteiger partial charge in [0.25, 0.3) is 0 Å². The van der Waals surface area contributed by atoms with Crippen molar-refractivity contribution >= 4 is 0 Å². The molecular weight excluding hydrogens is 208 g/mol. The van der Waals surface area contributed by atoms with Crippen LogP contribution in [0.3, 0.4) is 0 Å². The molecule has 1 aliphatic rings. The summed E-state index contributed by atoms with van der Waals surface area (Å²) < 4.78 is 0. The van der Waals surface area contributed by atoms with Crippen LogP contribution in [0.4, 0.5) is 0 Å². The van der Waals surface area contributed by atoms with Crippen molar-refractivity contribution in [2.75, 3.05) is 0 Å². The molecule has 1 N–H and O–H groups in total. The molecule has 17 heavy (non-hydrogen) atoms. The minimum Gasteiger partial charge on any atom is -0.508 e. The Morgan fingerprint density at radius 1 is 1.18 bits per heavy atom. The van der Waals surface area contributed by atoms with Gasteiger partial charge in [0.15, 0.2) is 0 Å². The number of hydrogen-bond donors (Lipinski definition) is 1. The van der Waals surface area contributed by atoms with Crippen molar-refractivity contribution in [1.82, 2.24) is 0 Å². The second kappa shape index (κ2) is 5.57. The smallest absolute Gasteiger partial charge is 0.115 e. The molecule has 0 atom stereocenters. The molecule has 1 aromatic carbocycles. The number of phenolic OH excluding ortho intramolecular Hbond substituents is 1. The first-order chi connectivity index (χ1) is 8.16. The predicted octanol–water partition coefficient (Wildman–Crippen LogP) is 4.64. The first kappa shape index (κ1) is 12.5. The molecule has 0 radical (unpaired) electrons. The number of benzene rings is 1. The maximum atomic E-state index is 9.65. The molecular formula is C16H24O. The van der Waals surface area contributed by atoms with Crippen molar-refractivity contribution in [1.29, 1.82) is 0 Å². The van der Waals surface area contributed by atoms with E-state index in [-0.39, 0.29) is 0 Å². The molecule has 0 aliphatic heterocycles. The van der Waals surface area contributed by atoms with Crippen molar-refractivity contribution < 1.29 is 5.11 Å². The van der Waals surface area contributed by atoms with E-state index < -0.39 is 0 Å². The largest absolute Gasteiger partial charge is 0.508 e. The van der Waals surface area contributed by atoms with Crippen molar-refractivity contribution in [3.05, 3.63) is 29.3 Å². The summed E-state index contributed by atoms with van der Waals surface area (Å²) in [6, 6.07) is 5.89. The van der Waals surface area contributed by atoms with Crippen molar-refractivity contribution in [2.45, 2.75) is 58.3 Å². The lowest BCUT2D eigenvalue weighted by Crippen LogP contribution is -2.11. The Hall–Kier alpha value is -0.980. The van der Waals surface area contributed by atoms with Gasteiger partial charge in [0, 0.05) is 0 Å². The molecule has 1 fully saturated rings. The number of rotatable bonds is 3. The zero-order valence-electron chi connectivity index (χ0n) is 11.1. The highest BCUT2D eigenvalue weighted by molar-refractivity contribution is 5.37. The van der Waals surface area contributed by atoms with Crippen LogP contribution in [-0.4, -0.2) is 5.11 Å². The molecule has 1 heteroatoms. The minimum atomic E-state index is 0.417. The molecule has 1 aliphatic carbocycles. The maximum Gasteiger partial charge on any atom is 0.115 e. The van der Waals surface area contributed by atoms with Crippen LogP contribution in [0.1, 0.15) is 63.0 Å². The molecule has 1 saturated carbocycles. The van der Waals surface area contributed by atoms with Crippen molar-refractivity contribution in [3.63, 3.8) is 0 Å². The third-order valence-corrected chi connectivity index (χ3v) is 3.98.